The Kier molecular flexibility index (Phi) is 23.3. The summed E-state index contributed by atoms with van der Waals surface area (Å²) in [6.07, 6.45) is 6.35. The van der Waals surface area contributed by atoms with Crippen LogP contribution in [0.4, 0.5) is 39.5 Å². The van der Waals surface area contributed by atoms with E-state index in [1.165, 1.54) is 48.7 Å². The number of nitriles is 6. The lowest BCUT2D eigenvalue weighted by Gasteiger charge is -2.12. The van der Waals surface area contributed by atoms with Crippen molar-refractivity contribution in [2.24, 2.45) is 30.0 Å². The summed E-state index contributed by atoms with van der Waals surface area (Å²) >= 11 is 0. The Hall–Kier alpha value is -19.9. The number of para-hydroxylation sites is 1. The molecule has 16 aromatic rings. The van der Waals surface area contributed by atoms with E-state index < -0.39 is 92.0 Å². The van der Waals surface area contributed by atoms with Crippen molar-refractivity contribution in [3.8, 4) is 161 Å². The van der Waals surface area contributed by atoms with E-state index in [4.69, 9.17) is 39.1 Å². The Labute approximate surface area is 754 Å². The van der Waals surface area contributed by atoms with Gasteiger partial charge in [0.05, 0.1) is 93.6 Å². The summed E-state index contributed by atoms with van der Waals surface area (Å²) in [4.78, 5) is 83.2. The number of pyridine rings is 2. The molecule has 27 nitrogen and oxygen atoms in total. The van der Waals surface area contributed by atoms with Gasteiger partial charge in [-0.05, 0) is 134 Å². The van der Waals surface area contributed by atoms with Crippen LogP contribution in [0.2, 0.25) is 0 Å². The van der Waals surface area contributed by atoms with Crippen molar-refractivity contribution in [3.05, 3.63) is 381 Å². The Morgan fingerprint density at radius 3 is 1.21 bits per heavy atom. The number of hydrogen-bond donors (Lipinski definition) is 0. The quantitative estimate of drug-likeness (QED) is 0.0474. The maximum atomic E-state index is 15.3. The minimum absolute atomic E-state index is 0.0206. The maximum absolute atomic E-state index is 15.3. The van der Waals surface area contributed by atoms with Crippen LogP contribution < -0.4 is 32.1 Å². The van der Waals surface area contributed by atoms with Crippen molar-refractivity contribution in [2.75, 3.05) is 0 Å². The number of allylic oxidation sites excluding steroid dienone is 3. The van der Waals surface area contributed by atoms with Crippen molar-refractivity contribution in [3.63, 3.8) is 0 Å². The van der Waals surface area contributed by atoms with Crippen LogP contribution in [-0.2, 0) is 0 Å². The number of furan rings is 1. The summed E-state index contributed by atoms with van der Waals surface area (Å²) in [6.45, 7) is 27.2. The van der Waals surface area contributed by atoms with E-state index in [1.54, 1.807) is 92.1 Å². The largest absolute Gasteiger partial charge is 0.456 e. The highest BCUT2D eigenvalue weighted by Crippen LogP contribution is 2.39. The molecule has 3 aliphatic heterocycles. The molecule has 0 fully saturated rings. The van der Waals surface area contributed by atoms with Gasteiger partial charge in [0.15, 0.2) is 116 Å². The third-order valence-electron chi connectivity index (χ3n) is 21.2. The Morgan fingerprint density at radius 1 is 0.348 bits per heavy atom. The predicted octanol–water partition coefficient (Wildman–Crippen LogP) is 17.8. The summed E-state index contributed by atoms with van der Waals surface area (Å²) in [5.74, 6) is -15.4. The van der Waals surface area contributed by atoms with Crippen LogP contribution in [0, 0.1) is 161 Å². The average Bonchev–Trinajstić information content (AvgIpc) is 1.32. The lowest BCUT2D eigenvalue weighted by molar-refractivity contribution is 0.448. The van der Waals surface area contributed by atoms with E-state index in [9.17, 15) is 53.5 Å². The molecule has 36 heteroatoms. The van der Waals surface area contributed by atoms with E-state index in [2.05, 4.69) is 103 Å². The first kappa shape index (κ1) is 87.2. The molecule has 0 saturated carbocycles. The molecular formula is C99H45F9N26O. The van der Waals surface area contributed by atoms with Crippen LogP contribution in [0.15, 0.2) is 258 Å². The van der Waals surface area contributed by atoms with Gasteiger partial charge >= 0.3 is 11.4 Å². The molecule has 0 atom stereocenters. The van der Waals surface area contributed by atoms with Gasteiger partial charge in [0.25, 0.3) is 0 Å². The van der Waals surface area contributed by atoms with E-state index in [-0.39, 0.29) is 107 Å². The van der Waals surface area contributed by atoms with E-state index >= 15 is 17.6 Å². The third kappa shape index (κ3) is 16.3. The zero-order valence-corrected chi connectivity index (χ0v) is 69.5. The number of hydrogen-bond acceptors (Lipinski definition) is 24. The molecule has 135 heavy (non-hydrogen) atoms. The Bertz CT molecular complexity index is 8800. The lowest BCUT2D eigenvalue weighted by Crippen LogP contribution is -2.25. The van der Waals surface area contributed by atoms with Gasteiger partial charge in [-0.2, -0.15) is 21.0 Å². The minimum Gasteiger partial charge on any atom is -0.456 e. The summed E-state index contributed by atoms with van der Waals surface area (Å²) in [5.41, 5.74) is 3.23. The van der Waals surface area contributed by atoms with Crippen molar-refractivity contribution in [2.45, 2.75) is 34.1 Å². The zero-order valence-electron chi connectivity index (χ0n) is 69.5. The molecule has 0 saturated heterocycles. The van der Waals surface area contributed by atoms with Gasteiger partial charge in [-0.15, -0.1) is 0 Å². The van der Waals surface area contributed by atoms with Gasteiger partial charge < -0.3 is 4.42 Å². The summed E-state index contributed by atoms with van der Waals surface area (Å²) in [6, 6.07) is 57.6. The Balaban J connectivity index is 0.000000141. The van der Waals surface area contributed by atoms with Gasteiger partial charge in [-0.1, -0.05) is 85.8 Å². The summed E-state index contributed by atoms with van der Waals surface area (Å²) in [5, 5.41) is 61.4. The van der Waals surface area contributed by atoms with Gasteiger partial charge in [-0.3, -0.25) is 9.97 Å². The molecule has 640 valence electrons. The molecule has 10 aromatic carbocycles. The highest BCUT2D eigenvalue weighted by molar-refractivity contribution is 6.05. The molecular weight excluding hydrogens is 1740 g/mol. The fraction of sp³-hybridized carbons (Fsp3) is 0.0505. The van der Waals surface area contributed by atoms with E-state index in [0.717, 1.165) is 47.5 Å². The molecule has 0 aliphatic carbocycles. The topological polar surface area (TPSA) is 385 Å². The molecule has 0 bridgehead atoms. The first-order valence-electron chi connectivity index (χ1n) is 39.7. The first-order valence-corrected chi connectivity index (χ1v) is 39.7. The number of rotatable bonds is 12. The van der Waals surface area contributed by atoms with Crippen LogP contribution in [0.5, 0.6) is 0 Å². The smallest absolute Gasteiger partial charge is 0.305 e. The molecule has 19 rings (SSSR count). The van der Waals surface area contributed by atoms with Crippen LogP contribution >= 0.6 is 0 Å². The first-order chi connectivity index (χ1) is 65.4. The summed E-state index contributed by atoms with van der Waals surface area (Å²) in [7, 11) is 0. The molecule has 9 heterocycles. The highest BCUT2D eigenvalue weighted by Gasteiger charge is 2.32. The number of halogens is 9. The molecule has 0 radical (unpaired) electrons. The van der Waals surface area contributed by atoms with Crippen LogP contribution in [0.1, 0.15) is 52.3 Å². The van der Waals surface area contributed by atoms with Crippen LogP contribution in [0.25, 0.3) is 161 Å². The second-order valence-electron chi connectivity index (χ2n) is 29.3. The fourth-order valence-corrected chi connectivity index (χ4v) is 14.5. The minimum atomic E-state index is -1.74. The second-order valence-corrected chi connectivity index (χ2v) is 29.3. The molecule has 3 aliphatic rings. The number of nitrogens with zero attached hydrogens (tertiary/aromatic N) is 26. The zero-order chi connectivity index (χ0) is 94.9. The number of aryl methyl sites for hydroxylation is 1. The average molecular weight is 1790 g/mol. The van der Waals surface area contributed by atoms with Gasteiger partial charge in [-0.25, -0.2) is 139 Å². The third-order valence-corrected chi connectivity index (χ3v) is 21.2. The van der Waals surface area contributed by atoms with E-state index in [1.807, 2.05) is 73.7 Å². The SMILES string of the molecule is [C-]#[N+]/C(C#N)=C1\N=c2ccc(-c3nc(-c4ccc(-c5cccnc5)cc4)nc(-c4cc(C)cc(C#N)c4)n3)c(C#N)c2=N1.[C-]#[N+]/C(C#N)=C1\N=c2ccc(-c3nc(-c4ccc(-c5cncc(F)c5)cc4)nc(-c4c(F)c(F)c(C)c(F)c4F)n3)c(C#N)c2=N1.[C-]#[N+]/C(CC)=C1\N=c2ccc(-c3nc(-c4ccc5c(c4)oc4ccccc45)nc(-c4c(F)c(F)c(C)c(F)c4F)n3)c(C#N)c2=N1. The van der Waals surface area contributed by atoms with E-state index in [0.29, 0.717) is 84.6 Å². The standard InChI is InChI=1S/C34H17F4N7O.C33H16N10.C32H12F5N9/c1-4-21(40-3)33-41-22-12-11-19(20(14-39)30(22)42-33)32-43-31(16-9-10-18-17-7-5-6-8-23(17)46-24(18)13-16)44-34(45-32)25-28(37)26(35)15(2)27(36)29(25)38;1-19-12-20(15-34)14-24(13-19)31-41-30(22-7-5-21(6-8-22)23-4-3-11-38-18-23)42-32(43-31)25-9-10-27-29(26(25)16-35)40-33(39-27)28(17-36)37-2;1-14-24(34)26(36)23(27(37)25(14)35)32-45-29(16-5-3-15(4-6-16)17-9-18(33)13-41-12-17)44-30(46-32)19-7-8-21-28(20(19)10-38)43-31(42-21)22(11-39)40-2/h5-13H,4H2,1-2H3;3-14,18H,1H3;3-9,12-13H,1H3/b33-21+;33-28+;31-22+. The number of benzene rings is 10. The number of aromatic nitrogens is 11. The van der Waals surface area contributed by atoms with Crippen molar-refractivity contribution in [1.82, 2.24) is 54.8 Å². The number of fused-ring (bicyclic) bond motifs is 6. The second kappa shape index (κ2) is 36.1. The van der Waals surface area contributed by atoms with Crippen LogP contribution in [-0.4, -0.2) is 54.8 Å². The monoisotopic (exact) mass is 1780 g/mol. The predicted molar refractivity (Wildman–Crippen MR) is 464 cm³/mol. The Morgan fingerprint density at radius 2 is 0.763 bits per heavy atom. The lowest BCUT2D eigenvalue weighted by atomic mass is 10.0. The van der Waals surface area contributed by atoms with Gasteiger partial charge in [0.2, 0.25) is 5.70 Å². The molecule has 6 aromatic heterocycles. The molecule has 0 spiro atoms. The molecule has 0 unspecified atom stereocenters. The normalized spacial score (nSPS) is 12.8. The maximum Gasteiger partial charge on any atom is 0.305 e. The van der Waals surface area contributed by atoms with Crippen molar-refractivity contribution in [1.29, 1.82) is 31.6 Å². The summed E-state index contributed by atoms with van der Waals surface area (Å²) < 4.78 is 139. The van der Waals surface area contributed by atoms with Gasteiger partial charge in [0.1, 0.15) is 51.3 Å². The highest BCUT2D eigenvalue weighted by atomic mass is 19.2. The fourth-order valence-electron chi connectivity index (χ4n) is 14.5. The molecule has 0 N–H and O–H groups in total. The van der Waals surface area contributed by atoms with Crippen molar-refractivity contribution >= 4 is 21.9 Å². The molecule has 0 amide bonds. The van der Waals surface area contributed by atoms with Gasteiger partial charge in [0, 0.05) is 85.0 Å². The van der Waals surface area contributed by atoms with Crippen molar-refractivity contribution < 1.29 is 43.9 Å². The van der Waals surface area contributed by atoms with Crippen LogP contribution in [0.3, 0.4) is 0 Å².